The van der Waals surface area contributed by atoms with Crippen LogP contribution in [0.15, 0.2) is 121 Å². The standard InChI is InChI=1S/C93H103N5O12/c1-50(2)55-24-33-64(34-25-55)107-74-43-70-78-71(91(102)97(90(70)101)86(59-16-9-10-17-59)88(99)95-62-21-13-15-54(41-62)23-32-68-48-105-68)44-75(108-65-35-26-56(27-36-65)51(3)4)81-83-77(110-67-39-30-58(31-40-67)53(7)8)46-73-79-72(45-76(82(85(79)83)80(74)84(78)81)109-66-37-28-57(29-38-66)52(5)6)92(103)98(93(73)104)87(60-18-11-12-19-60)89(100)96-63-22-14-20-61(42-63)94-47-69-49-106-69/h24-31,33-40,43-46,50-54,59-63,68-69,86-87,94H,9-23,32,41-42,47-49H2,1-8H3,(H,95,99)(H,96,100). The zero-order valence-corrected chi connectivity index (χ0v) is 64.8. The highest BCUT2D eigenvalue weighted by molar-refractivity contribution is 6.45. The van der Waals surface area contributed by atoms with Gasteiger partial charge in [0.25, 0.3) is 23.6 Å². The summed E-state index contributed by atoms with van der Waals surface area (Å²) in [7, 11) is 0. The molecule has 8 unspecified atom stereocenters. The molecule has 6 fully saturated rings. The van der Waals surface area contributed by atoms with E-state index >= 15 is 28.8 Å². The maximum atomic E-state index is 16.8. The monoisotopic (exact) mass is 1480 g/mol. The van der Waals surface area contributed by atoms with Crippen molar-refractivity contribution in [3.8, 4) is 46.0 Å². The Morgan fingerprint density at radius 3 is 1.03 bits per heavy atom. The van der Waals surface area contributed by atoms with E-state index in [2.05, 4.69) is 71.3 Å². The third kappa shape index (κ3) is 14.3. The van der Waals surface area contributed by atoms with Crippen LogP contribution in [0.1, 0.15) is 258 Å². The van der Waals surface area contributed by atoms with Gasteiger partial charge in [-0.3, -0.25) is 38.6 Å². The smallest absolute Gasteiger partial charge is 0.262 e. The summed E-state index contributed by atoms with van der Waals surface area (Å²) in [5, 5.41) is 13.5. The molecule has 0 aromatic heterocycles. The number of imide groups is 2. The molecule has 0 radical (unpaired) electrons. The Morgan fingerprint density at radius 1 is 0.382 bits per heavy atom. The number of carbonyl (C=O) groups excluding carboxylic acids is 6. The van der Waals surface area contributed by atoms with Gasteiger partial charge in [-0.1, -0.05) is 142 Å². The Morgan fingerprint density at radius 2 is 0.700 bits per heavy atom. The van der Waals surface area contributed by atoms with Crippen LogP contribution >= 0.6 is 0 Å². The van der Waals surface area contributed by atoms with Gasteiger partial charge >= 0.3 is 0 Å². The van der Waals surface area contributed by atoms with Crippen LogP contribution in [0.4, 0.5) is 0 Å². The van der Waals surface area contributed by atoms with Crippen molar-refractivity contribution in [1.29, 1.82) is 0 Å². The summed E-state index contributed by atoms with van der Waals surface area (Å²) in [6.07, 6.45) is 15.4. The molecule has 4 heterocycles. The lowest BCUT2D eigenvalue weighted by Crippen LogP contribution is -2.58. The Hall–Kier alpha value is -9.42. The number of fused-ring (bicyclic) bond motifs is 2. The van der Waals surface area contributed by atoms with E-state index in [1.807, 2.05) is 97.1 Å². The van der Waals surface area contributed by atoms with Crippen molar-refractivity contribution >= 4 is 78.5 Å². The van der Waals surface area contributed by atoms with E-state index in [0.29, 0.717) is 110 Å². The minimum absolute atomic E-state index is 0.127. The van der Waals surface area contributed by atoms with Crippen molar-refractivity contribution in [3.05, 3.63) is 166 Å². The molecule has 4 saturated carbocycles. The second kappa shape index (κ2) is 30.3. The Balaban J connectivity index is 0.937. The summed E-state index contributed by atoms with van der Waals surface area (Å²) in [5.74, 6) is -0.306. The van der Waals surface area contributed by atoms with Crippen LogP contribution in [0.5, 0.6) is 46.0 Å². The first-order chi connectivity index (χ1) is 53.3. The number of carbonyl (C=O) groups is 6. The summed E-state index contributed by atoms with van der Waals surface area (Å²) in [4.78, 5) is 101. The van der Waals surface area contributed by atoms with E-state index in [1.165, 1.54) is 9.80 Å². The first-order valence-corrected chi connectivity index (χ1v) is 41.1. The molecule has 4 aliphatic carbocycles. The Bertz CT molecular complexity index is 4480. The van der Waals surface area contributed by atoms with Gasteiger partial charge in [0.1, 0.15) is 58.1 Å². The molecular weight excluding hydrogens is 1380 g/mol. The first-order valence-electron chi connectivity index (χ1n) is 41.1. The van der Waals surface area contributed by atoms with Crippen LogP contribution in [0.25, 0.3) is 43.1 Å². The lowest BCUT2D eigenvalue weighted by Gasteiger charge is -2.39. The van der Waals surface area contributed by atoms with Gasteiger partial charge in [0.15, 0.2) is 0 Å². The molecule has 110 heavy (non-hydrogen) atoms. The van der Waals surface area contributed by atoms with Gasteiger partial charge in [0.2, 0.25) is 11.8 Å². The van der Waals surface area contributed by atoms with Gasteiger partial charge in [0, 0.05) is 67.8 Å². The minimum atomic E-state index is -1.17. The Kier molecular flexibility index (Phi) is 20.2. The number of hydrogen-bond acceptors (Lipinski definition) is 13. The minimum Gasteiger partial charge on any atom is -0.457 e. The van der Waals surface area contributed by atoms with Gasteiger partial charge in [0.05, 0.1) is 47.7 Å². The van der Waals surface area contributed by atoms with E-state index in [4.69, 9.17) is 28.4 Å². The molecule has 17 rings (SSSR count). The molecule has 0 spiro atoms. The molecule has 2 saturated heterocycles. The molecule has 572 valence electrons. The predicted molar refractivity (Wildman–Crippen MR) is 427 cm³/mol. The maximum absolute atomic E-state index is 16.8. The lowest BCUT2D eigenvalue weighted by atomic mass is 9.79. The van der Waals surface area contributed by atoms with E-state index in [9.17, 15) is 0 Å². The van der Waals surface area contributed by atoms with Crippen LogP contribution in [-0.4, -0.2) is 107 Å². The molecule has 0 bridgehead atoms. The van der Waals surface area contributed by atoms with Gasteiger partial charge in [-0.05, 0) is 214 Å². The second-order valence-corrected chi connectivity index (χ2v) is 34.1. The topological polar surface area (TPSA) is 207 Å². The summed E-state index contributed by atoms with van der Waals surface area (Å²) >= 11 is 0. The molecule has 17 nitrogen and oxygen atoms in total. The average molecular weight is 1480 g/mol. The number of nitrogens with one attached hydrogen (secondary N) is 3. The van der Waals surface area contributed by atoms with Gasteiger partial charge < -0.3 is 44.4 Å². The number of nitrogens with zero attached hydrogens (tertiary/aromatic N) is 2. The first kappa shape index (κ1) is 73.4. The number of benzene rings is 9. The predicted octanol–water partition coefficient (Wildman–Crippen LogP) is 20.0. The van der Waals surface area contributed by atoms with E-state index in [-0.39, 0.29) is 117 Å². The molecule has 6 amide bonds. The van der Waals surface area contributed by atoms with Crippen LogP contribution in [0.3, 0.4) is 0 Å². The quantitative estimate of drug-likeness (QED) is 0.0200. The maximum Gasteiger partial charge on any atom is 0.262 e. The fourth-order valence-electron chi connectivity index (χ4n) is 19.1. The molecule has 9 aromatic rings. The third-order valence-corrected chi connectivity index (χ3v) is 25.3. The van der Waals surface area contributed by atoms with Gasteiger partial charge in [-0.2, -0.15) is 0 Å². The van der Waals surface area contributed by atoms with Gasteiger partial charge in [-0.25, -0.2) is 0 Å². The third-order valence-electron chi connectivity index (χ3n) is 25.3. The fourth-order valence-corrected chi connectivity index (χ4v) is 19.1. The highest BCUT2D eigenvalue weighted by Crippen LogP contribution is 2.59. The SMILES string of the molecule is CC(C)c1ccc(Oc2cc3c4c(cc(Oc5ccc(C(C)C)cc5)c5c6c(Oc7ccc(C(C)C)cc7)cc7c8c(cc(Oc9ccc(C(C)C)cc9)c(c2c45)c86)C(=O)N(C(C(=O)NC2CCCC(NCC4CO4)C2)C2CCCC2)C7=O)C(=O)N(C(C(=O)NC2CCCC(CCC4CO4)C2)C2CCCC2)C3=O)cc1. The summed E-state index contributed by atoms with van der Waals surface area (Å²) in [5.41, 5.74) is 4.81. The van der Waals surface area contributed by atoms with Crippen molar-refractivity contribution in [2.45, 2.75) is 237 Å². The molecular formula is C93H103N5O12. The van der Waals surface area contributed by atoms with Crippen LogP contribution in [-0.2, 0) is 19.1 Å². The summed E-state index contributed by atoms with van der Waals surface area (Å²) < 4.78 is 41.0. The van der Waals surface area contributed by atoms with Crippen LogP contribution in [0.2, 0.25) is 0 Å². The molecule has 4 aliphatic heterocycles. The zero-order valence-electron chi connectivity index (χ0n) is 64.8. The van der Waals surface area contributed by atoms with Crippen molar-refractivity contribution in [3.63, 3.8) is 0 Å². The van der Waals surface area contributed by atoms with Crippen molar-refractivity contribution in [2.75, 3.05) is 19.8 Å². The largest absolute Gasteiger partial charge is 0.457 e. The number of amides is 6. The van der Waals surface area contributed by atoms with E-state index in [0.717, 1.165) is 125 Å². The van der Waals surface area contributed by atoms with Crippen molar-refractivity contribution in [1.82, 2.24) is 25.8 Å². The van der Waals surface area contributed by atoms with Gasteiger partial charge in [-0.15, -0.1) is 0 Å². The second-order valence-electron chi connectivity index (χ2n) is 34.1. The Labute approximate surface area is 644 Å². The molecule has 8 aliphatic rings. The number of hydrogen-bond donors (Lipinski definition) is 3. The molecule has 9 aromatic carbocycles. The van der Waals surface area contributed by atoms with E-state index in [1.54, 1.807) is 24.3 Å². The van der Waals surface area contributed by atoms with E-state index < -0.39 is 35.7 Å². The number of rotatable bonds is 26. The summed E-state index contributed by atoms with van der Waals surface area (Å²) in [6.45, 7) is 19.3. The zero-order chi connectivity index (χ0) is 75.9. The highest BCUT2D eigenvalue weighted by atomic mass is 16.6. The van der Waals surface area contributed by atoms with Crippen molar-refractivity contribution in [2.24, 2.45) is 17.8 Å². The lowest BCUT2D eigenvalue weighted by molar-refractivity contribution is -0.128. The highest BCUT2D eigenvalue weighted by Gasteiger charge is 2.50. The molecule has 8 atom stereocenters. The average Bonchev–Trinajstić information content (AvgIpc) is 0.822. The van der Waals surface area contributed by atoms with Crippen LogP contribution in [0, 0.1) is 17.8 Å². The summed E-state index contributed by atoms with van der Waals surface area (Å²) in [6, 6.07) is 35.8. The number of epoxide rings is 2. The number of ether oxygens (including phenoxy) is 6. The molecule has 3 N–H and O–H groups in total. The molecule has 17 heteroatoms. The normalized spacial score (nSPS) is 22.1. The van der Waals surface area contributed by atoms with Crippen molar-refractivity contribution < 1.29 is 57.2 Å². The van der Waals surface area contributed by atoms with Crippen LogP contribution < -0.4 is 34.9 Å². The fraction of sp³-hybridized carbons (Fsp3) is 0.462.